The van der Waals surface area contributed by atoms with Gasteiger partial charge in [-0.15, -0.1) is 69.8 Å². The van der Waals surface area contributed by atoms with E-state index < -0.39 is 16.1 Å². The van der Waals surface area contributed by atoms with Crippen molar-refractivity contribution in [1.82, 2.24) is 9.97 Å². The molecule has 0 atom stereocenters. The predicted octanol–water partition coefficient (Wildman–Crippen LogP) is 14.5. The molecule has 63 heavy (non-hydrogen) atoms. The van der Waals surface area contributed by atoms with Crippen molar-refractivity contribution in [2.24, 2.45) is 11.3 Å². The molecule has 0 spiro atoms. The minimum Gasteiger partial charge on any atom is -0.512 e. The summed E-state index contributed by atoms with van der Waals surface area (Å²) in [5.41, 5.74) is 9.09. The van der Waals surface area contributed by atoms with Gasteiger partial charge in [-0.25, -0.2) is 0 Å². The first-order valence-corrected chi connectivity index (χ1v) is 30.0. The number of rotatable bonds is 13. The molecule has 1 radical (unpaired) electrons. The van der Waals surface area contributed by atoms with Crippen LogP contribution in [0.3, 0.4) is 0 Å². The second-order valence-electron chi connectivity index (χ2n) is 19.3. The number of aryl methyl sites for hydroxylation is 4. The van der Waals surface area contributed by atoms with E-state index in [0.29, 0.717) is 0 Å². The van der Waals surface area contributed by atoms with Gasteiger partial charge in [-0.1, -0.05) is 148 Å². The van der Waals surface area contributed by atoms with Gasteiger partial charge in [0.25, 0.3) is 0 Å². The third-order valence-electron chi connectivity index (χ3n) is 12.6. The Morgan fingerprint density at radius 2 is 1.05 bits per heavy atom. The van der Waals surface area contributed by atoms with Gasteiger partial charge in [-0.2, -0.15) is 0 Å². The number of fused-ring (bicyclic) bond motifs is 2. The van der Waals surface area contributed by atoms with Crippen LogP contribution in [0.4, 0.5) is 0 Å². The van der Waals surface area contributed by atoms with Crippen molar-refractivity contribution < 1.29 is 30.0 Å². The summed E-state index contributed by atoms with van der Waals surface area (Å²) in [7, 11) is -2.60. The minimum atomic E-state index is -1.30. The molecule has 7 heteroatoms. The fourth-order valence-corrected chi connectivity index (χ4v) is 10.0. The normalized spacial score (nSPS) is 12.0. The molecular weight excluding hydrogens is 981 g/mol. The summed E-state index contributed by atoms with van der Waals surface area (Å²) >= 11 is 0. The number of pyridine rings is 2. The average molecular weight is 1060 g/mol. The molecule has 0 bridgehead atoms. The molecule has 0 fully saturated rings. The first kappa shape index (κ1) is 53.3. The first-order valence-electron chi connectivity index (χ1n) is 23.0. The summed E-state index contributed by atoms with van der Waals surface area (Å²) in [5, 5.41) is 18.0. The molecule has 0 amide bonds. The van der Waals surface area contributed by atoms with Crippen molar-refractivity contribution in [3.05, 3.63) is 131 Å². The summed E-state index contributed by atoms with van der Waals surface area (Å²) < 4.78 is 0. The number of aliphatic hydroxyl groups is 1. The number of hydrogen-bond acceptors (Lipinski definition) is 4. The van der Waals surface area contributed by atoms with Crippen LogP contribution in [-0.2, 0) is 37.7 Å². The maximum absolute atomic E-state index is 11.9. The van der Waals surface area contributed by atoms with E-state index in [2.05, 4.69) is 162 Å². The molecule has 2 heterocycles. The van der Waals surface area contributed by atoms with E-state index in [1.807, 2.05) is 47.0 Å². The van der Waals surface area contributed by atoms with Crippen molar-refractivity contribution in [2.45, 2.75) is 140 Å². The van der Waals surface area contributed by atoms with Crippen LogP contribution >= 0.6 is 0 Å². The van der Waals surface area contributed by atoms with E-state index in [0.717, 1.165) is 61.0 Å². The van der Waals surface area contributed by atoms with Gasteiger partial charge in [0.2, 0.25) is 0 Å². The van der Waals surface area contributed by atoms with Gasteiger partial charge in [-0.05, 0) is 83.6 Å². The summed E-state index contributed by atoms with van der Waals surface area (Å²) in [6.45, 7) is 33.0. The molecule has 339 valence electrons. The van der Waals surface area contributed by atoms with Gasteiger partial charge in [0.15, 0.2) is 5.78 Å². The molecule has 6 rings (SSSR count). The van der Waals surface area contributed by atoms with E-state index in [1.54, 1.807) is 0 Å². The minimum absolute atomic E-state index is 0. The van der Waals surface area contributed by atoms with Crippen LogP contribution in [0.5, 0.6) is 0 Å². The zero-order valence-corrected chi connectivity index (χ0v) is 45.5. The van der Waals surface area contributed by atoms with Gasteiger partial charge in [-0.3, -0.25) is 4.79 Å². The van der Waals surface area contributed by atoms with Crippen LogP contribution in [-0.4, -0.2) is 37.0 Å². The number of nitrogens with zero attached hydrogens (tertiary/aromatic N) is 2. The van der Waals surface area contributed by atoms with Gasteiger partial charge < -0.3 is 15.1 Å². The Hall–Kier alpha value is -4.01. The maximum Gasteiger partial charge on any atom is 0.162 e. The third kappa shape index (κ3) is 14.0. The van der Waals surface area contributed by atoms with Crippen molar-refractivity contribution in [1.29, 1.82) is 0 Å². The smallest absolute Gasteiger partial charge is 0.162 e. The molecule has 0 saturated carbocycles. The number of aromatic nitrogens is 2. The number of allylic oxidation sites excluding steroid dienone is 2. The molecule has 0 aliphatic carbocycles. The van der Waals surface area contributed by atoms with Crippen LogP contribution in [0.2, 0.25) is 39.3 Å². The van der Waals surface area contributed by atoms with Crippen molar-refractivity contribution in [2.75, 3.05) is 0 Å². The van der Waals surface area contributed by atoms with Crippen LogP contribution in [0, 0.1) is 37.3 Å². The van der Waals surface area contributed by atoms with Gasteiger partial charge >= 0.3 is 0 Å². The fourth-order valence-electron chi connectivity index (χ4n) is 7.69. The number of carbonyl (C=O) groups excluding carboxylic acids is 1. The van der Waals surface area contributed by atoms with Crippen LogP contribution in [0.15, 0.2) is 97.0 Å². The zero-order chi connectivity index (χ0) is 46.0. The summed E-state index contributed by atoms with van der Waals surface area (Å²) in [6, 6.07) is 33.8. The Morgan fingerprint density at radius 1 is 0.651 bits per heavy atom. The summed E-state index contributed by atoms with van der Waals surface area (Å²) in [4.78, 5) is 21.2. The second-order valence-corrected chi connectivity index (χ2v) is 29.4. The Labute approximate surface area is 396 Å². The standard InChI is InChI=1S/2C21H24NSi.C14H26O2.Ir/c2*1-6-16-11-15(2)12-18(13-16)21-20-8-7-19(23(3,4)5)14-17(20)9-10-22-21;1-6-11(7-2)12(15)10-13(16)14(5,8-3)9-4;/h2*7-11,13-14H,6H2,1-5H3;10-11,16H,6-9H2,1-5H3;/q2*-1;;/b;;13-10-;. The number of hydrogen-bond donors (Lipinski definition) is 1. The second kappa shape index (κ2) is 23.3. The summed E-state index contributed by atoms with van der Waals surface area (Å²) in [5.74, 6) is 0.366. The molecule has 6 aromatic rings. The largest absolute Gasteiger partial charge is 0.512 e. The molecule has 0 unspecified atom stereocenters. The van der Waals surface area contributed by atoms with E-state index in [9.17, 15) is 9.90 Å². The van der Waals surface area contributed by atoms with Crippen LogP contribution in [0.1, 0.15) is 96.4 Å². The number of carbonyl (C=O) groups is 1. The Morgan fingerprint density at radius 3 is 1.38 bits per heavy atom. The van der Waals surface area contributed by atoms with E-state index >= 15 is 0 Å². The molecule has 0 aliphatic rings. The van der Waals surface area contributed by atoms with Crippen molar-refractivity contribution >= 4 is 53.8 Å². The topological polar surface area (TPSA) is 63.1 Å². The molecule has 0 aliphatic heterocycles. The van der Waals surface area contributed by atoms with Crippen LogP contribution in [0.25, 0.3) is 44.1 Å². The molecule has 4 aromatic carbocycles. The SMILES string of the molecule is CCC(CC)C(=O)/C=C(\O)C(C)(CC)CC.CCc1cc(C)[c-]c(-c2nccc3cc([Si](C)(C)C)ccc23)c1.CCc1cc(C)[c-]c(-c2nccc3cc([Si](C)(C)C)ccc23)c1.[Ir]. The Bertz CT molecular complexity index is 2340. The Kier molecular flexibility index (Phi) is 19.7. The van der Waals surface area contributed by atoms with E-state index in [-0.39, 0.29) is 43.0 Å². The van der Waals surface area contributed by atoms with Gasteiger partial charge in [0.1, 0.15) is 5.76 Å². The molecule has 0 saturated heterocycles. The molecule has 4 nitrogen and oxygen atoms in total. The molecule has 2 aromatic heterocycles. The zero-order valence-electron chi connectivity index (χ0n) is 41.1. The number of benzene rings is 4. The van der Waals surface area contributed by atoms with Crippen LogP contribution < -0.4 is 10.4 Å². The third-order valence-corrected chi connectivity index (χ3v) is 16.6. The maximum atomic E-state index is 11.9. The van der Waals surface area contributed by atoms with E-state index in [4.69, 9.17) is 0 Å². The van der Waals surface area contributed by atoms with E-state index in [1.165, 1.54) is 60.2 Å². The fraction of sp³-hybridized carbons (Fsp3) is 0.411. The summed E-state index contributed by atoms with van der Waals surface area (Å²) in [6.07, 6.45) is 10.7. The molecular formula is C56H74IrN2O2Si2-2. The predicted molar refractivity (Wildman–Crippen MR) is 275 cm³/mol. The monoisotopic (exact) mass is 1060 g/mol. The number of aliphatic hydroxyl groups excluding tert-OH is 1. The van der Waals surface area contributed by atoms with Gasteiger partial charge in [0.05, 0.1) is 16.1 Å². The van der Waals surface area contributed by atoms with Crippen molar-refractivity contribution in [3.63, 3.8) is 0 Å². The van der Waals surface area contributed by atoms with Crippen molar-refractivity contribution in [3.8, 4) is 22.5 Å². The molecule has 1 N–H and O–H groups in total. The van der Waals surface area contributed by atoms with Gasteiger partial charge in [0, 0.05) is 49.9 Å². The Balaban J connectivity index is 0.000000255. The first-order chi connectivity index (χ1) is 29.2. The quantitative estimate of drug-likeness (QED) is 0.0542. The average Bonchev–Trinajstić information content (AvgIpc) is 3.24. The number of ketones is 1.